The molecule has 0 saturated heterocycles. The highest BCUT2D eigenvalue weighted by atomic mass is 79.9. The molecule has 3 nitrogen and oxygen atoms in total. The minimum absolute atomic E-state index is 0.00694. The van der Waals surface area contributed by atoms with Crippen molar-refractivity contribution in [3.8, 4) is 0 Å². The van der Waals surface area contributed by atoms with Crippen LogP contribution >= 0.6 is 15.9 Å². The molecule has 0 bridgehead atoms. The van der Waals surface area contributed by atoms with Crippen molar-refractivity contribution in [1.82, 2.24) is 0 Å². The van der Waals surface area contributed by atoms with Crippen molar-refractivity contribution < 1.29 is 13.5 Å². The molecule has 0 aliphatic carbocycles. The summed E-state index contributed by atoms with van der Waals surface area (Å²) in [7, 11) is -2.94. The fourth-order valence-corrected chi connectivity index (χ4v) is 2.95. The van der Waals surface area contributed by atoms with Crippen molar-refractivity contribution >= 4 is 25.8 Å². The molecule has 0 amide bonds. The zero-order valence-corrected chi connectivity index (χ0v) is 12.9. The Bertz CT molecular complexity index is 454. The van der Waals surface area contributed by atoms with Crippen LogP contribution in [-0.2, 0) is 16.3 Å². The molecular weight excluding hydrogens is 316 g/mol. The second-order valence-electron chi connectivity index (χ2n) is 4.40. The monoisotopic (exact) mass is 334 g/mol. The molecule has 0 heterocycles. The van der Waals surface area contributed by atoms with E-state index < -0.39 is 9.84 Å². The molecule has 0 aliphatic rings. The minimum Gasteiger partial charge on any atom is -0.396 e. The van der Waals surface area contributed by atoms with Gasteiger partial charge in [0, 0.05) is 16.8 Å². The van der Waals surface area contributed by atoms with Crippen LogP contribution in [-0.4, -0.2) is 31.6 Å². The summed E-state index contributed by atoms with van der Waals surface area (Å²) < 4.78 is 23.9. The second-order valence-corrected chi connectivity index (χ2v) is 7.79. The first kappa shape index (κ1) is 15.7. The standard InChI is InChI=1S/C13H19BrO3S/c1-2-18(16,17)8-7-12(10-15)9-11-3-5-13(14)6-4-11/h3-6,12,15H,2,7-10H2,1H3. The molecule has 1 aromatic rings. The molecule has 1 unspecified atom stereocenters. The van der Waals surface area contributed by atoms with Crippen LogP contribution in [0.2, 0.25) is 0 Å². The highest BCUT2D eigenvalue weighted by molar-refractivity contribution is 9.10. The lowest BCUT2D eigenvalue weighted by molar-refractivity contribution is 0.222. The molecule has 0 aromatic heterocycles. The molecule has 1 N–H and O–H groups in total. The summed E-state index contributed by atoms with van der Waals surface area (Å²) in [4.78, 5) is 0. The Hall–Kier alpha value is -0.390. The fourth-order valence-electron chi connectivity index (χ4n) is 1.70. The maximum atomic E-state index is 11.4. The van der Waals surface area contributed by atoms with Crippen LogP contribution in [0.5, 0.6) is 0 Å². The normalized spacial score (nSPS) is 13.5. The van der Waals surface area contributed by atoms with E-state index in [2.05, 4.69) is 15.9 Å². The van der Waals surface area contributed by atoms with Gasteiger partial charge < -0.3 is 5.11 Å². The van der Waals surface area contributed by atoms with Gasteiger partial charge in [-0.3, -0.25) is 0 Å². The van der Waals surface area contributed by atoms with E-state index in [4.69, 9.17) is 0 Å². The molecule has 18 heavy (non-hydrogen) atoms. The third-order valence-electron chi connectivity index (χ3n) is 2.97. The summed E-state index contributed by atoms with van der Waals surface area (Å²) in [5.41, 5.74) is 1.12. The van der Waals surface area contributed by atoms with Gasteiger partial charge in [-0.05, 0) is 36.5 Å². The molecule has 1 aromatic carbocycles. The Morgan fingerprint density at radius 2 is 1.89 bits per heavy atom. The van der Waals surface area contributed by atoms with Gasteiger partial charge in [-0.15, -0.1) is 0 Å². The van der Waals surface area contributed by atoms with Crippen LogP contribution in [0.1, 0.15) is 18.9 Å². The Morgan fingerprint density at radius 1 is 1.28 bits per heavy atom. The Kier molecular flexibility index (Phi) is 6.32. The predicted molar refractivity (Wildman–Crippen MR) is 77.4 cm³/mol. The molecule has 1 atom stereocenters. The maximum absolute atomic E-state index is 11.4. The first-order valence-electron chi connectivity index (χ1n) is 6.02. The lowest BCUT2D eigenvalue weighted by Crippen LogP contribution is -2.17. The van der Waals surface area contributed by atoms with Gasteiger partial charge in [-0.2, -0.15) is 0 Å². The SMILES string of the molecule is CCS(=O)(=O)CCC(CO)Cc1ccc(Br)cc1. The molecule has 0 aliphatic heterocycles. The molecular formula is C13H19BrO3S. The number of aliphatic hydroxyl groups excluding tert-OH is 1. The number of hydrogen-bond acceptors (Lipinski definition) is 3. The van der Waals surface area contributed by atoms with Gasteiger partial charge in [0.15, 0.2) is 0 Å². The van der Waals surface area contributed by atoms with Gasteiger partial charge in [0.2, 0.25) is 0 Å². The van der Waals surface area contributed by atoms with Gasteiger partial charge in [0.1, 0.15) is 9.84 Å². The summed E-state index contributed by atoms with van der Waals surface area (Å²) in [5.74, 6) is 0.335. The number of halogens is 1. The summed E-state index contributed by atoms with van der Waals surface area (Å²) in [6.45, 7) is 1.67. The van der Waals surface area contributed by atoms with Crippen LogP contribution in [0.15, 0.2) is 28.7 Å². The van der Waals surface area contributed by atoms with Crippen LogP contribution in [0.3, 0.4) is 0 Å². The largest absolute Gasteiger partial charge is 0.396 e. The Balaban J connectivity index is 2.54. The van der Waals surface area contributed by atoms with Crippen LogP contribution in [0.4, 0.5) is 0 Å². The van der Waals surface area contributed by atoms with Crippen molar-refractivity contribution in [3.05, 3.63) is 34.3 Å². The number of aliphatic hydroxyl groups is 1. The van der Waals surface area contributed by atoms with E-state index in [-0.39, 0.29) is 24.0 Å². The second kappa shape index (κ2) is 7.26. The van der Waals surface area contributed by atoms with Gasteiger partial charge in [0.25, 0.3) is 0 Å². The molecule has 0 fully saturated rings. The van der Waals surface area contributed by atoms with E-state index in [0.717, 1.165) is 10.0 Å². The molecule has 102 valence electrons. The smallest absolute Gasteiger partial charge is 0.150 e. The number of sulfone groups is 1. The predicted octanol–water partition coefficient (Wildman–Crippen LogP) is 2.42. The third-order valence-corrected chi connectivity index (χ3v) is 5.24. The average Bonchev–Trinajstić information content (AvgIpc) is 2.37. The quantitative estimate of drug-likeness (QED) is 0.833. The summed E-state index contributed by atoms with van der Waals surface area (Å²) >= 11 is 3.37. The third kappa shape index (κ3) is 5.50. The first-order chi connectivity index (χ1) is 8.46. The zero-order valence-electron chi connectivity index (χ0n) is 10.5. The Labute approximate surface area is 117 Å². The van der Waals surface area contributed by atoms with E-state index in [1.54, 1.807) is 6.92 Å². The summed E-state index contributed by atoms with van der Waals surface area (Å²) in [5, 5.41) is 9.31. The average molecular weight is 335 g/mol. The molecule has 0 spiro atoms. The number of rotatable bonds is 7. The lowest BCUT2D eigenvalue weighted by atomic mass is 9.98. The summed E-state index contributed by atoms with van der Waals surface area (Å²) in [6, 6.07) is 7.88. The Morgan fingerprint density at radius 3 is 2.39 bits per heavy atom. The van der Waals surface area contributed by atoms with Crippen molar-refractivity contribution in [2.24, 2.45) is 5.92 Å². The number of hydrogen-bond donors (Lipinski definition) is 1. The van der Waals surface area contributed by atoms with Crippen LogP contribution in [0, 0.1) is 5.92 Å². The van der Waals surface area contributed by atoms with Crippen molar-refractivity contribution in [3.63, 3.8) is 0 Å². The van der Waals surface area contributed by atoms with E-state index in [1.807, 2.05) is 24.3 Å². The van der Waals surface area contributed by atoms with Gasteiger partial charge >= 0.3 is 0 Å². The van der Waals surface area contributed by atoms with Crippen LogP contribution in [0.25, 0.3) is 0 Å². The maximum Gasteiger partial charge on any atom is 0.150 e. The molecule has 0 radical (unpaired) electrons. The van der Waals surface area contributed by atoms with E-state index in [0.29, 0.717) is 12.8 Å². The van der Waals surface area contributed by atoms with E-state index in [9.17, 15) is 13.5 Å². The first-order valence-corrected chi connectivity index (χ1v) is 8.64. The van der Waals surface area contributed by atoms with E-state index >= 15 is 0 Å². The topological polar surface area (TPSA) is 54.4 Å². The van der Waals surface area contributed by atoms with Gasteiger partial charge in [-0.25, -0.2) is 8.42 Å². The highest BCUT2D eigenvalue weighted by Gasteiger charge is 2.14. The molecule has 1 rings (SSSR count). The van der Waals surface area contributed by atoms with Crippen LogP contribution < -0.4 is 0 Å². The van der Waals surface area contributed by atoms with Crippen molar-refractivity contribution in [2.45, 2.75) is 19.8 Å². The van der Waals surface area contributed by atoms with Crippen molar-refractivity contribution in [2.75, 3.05) is 18.1 Å². The lowest BCUT2D eigenvalue weighted by Gasteiger charge is -2.14. The van der Waals surface area contributed by atoms with E-state index in [1.165, 1.54) is 0 Å². The molecule has 0 saturated carbocycles. The van der Waals surface area contributed by atoms with Gasteiger partial charge in [0.05, 0.1) is 5.75 Å². The zero-order chi connectivity index (χ0) is 13.6. The summed E-state index contributed by atoms with van der Waals surface area (Å²) in [6.07, 6.45) is 1.23. The number of benzene rings is 1. The van der Waals surface area contributed by atoms with Gasteiger partial charge in [-0.1, -0.05) is 35.0 Å². The highest BCUT2D eigenvalue weighted by Crippen LogP contribution is 2.16. The fraction of sp³-hybridized carbons (Fsp3) is 0.538. The minimum atomic E-state index is -2.94. The van der Waals surface area contributed by atoms with Crippen molar-refractivity contribution in [1.29, 1.82) is 0 Å². The molecule has 5 heteroatoms.